The van der Waals surface area contributed by atoms with Crippen molar-refractivity contribution in [2.75, 3.05) is 33.2 Å². The Morgan fingerprint density at radius 3 is 2.51 bits per heavy atom. The van der Waals surface area contributed by atoms with Crippen molar-refractivity contribution in [2.45, 2.75) is 26.8 Å². The van der Waals surface area contributed by atoms with E-state index in [4.69, 9.17) is 14.7 Å². The zero-order valence-electron chi connectivity index (χ0n) is 23.6. The van der Waals surface area contributed by atoms with E-state index in [0.717, 1.165) is 70.8 Å². The van der Waals surface area contributed by atoms with Crippen molar-refractivity contribution < 1.29 is 9.53 Å². The molecule has 0 saturated carbocycles. The third-order valence-corrected chi connectivity index (χ3v) is 8.58. The minimum absolute atomic E-state index is 0.0942. The lowest BCUT2D eigenvalue weighted by Gasteiger charge is -2.32. The van der Waals surface area contributed by atoms with Gasteiger partial charge in [0.05, 0.1) is 5.52 Å². The van der Waals surface area contributed by atoms with Gasteiger partial charge in [0.25, 0.3) is 0 Å². The lowest BCUT2D eigenvalue weighted by atomic mass is 9.98. The molecule has 8 heteroatoms. The molecule has 0 atom stereocenters. The molecule has 0 N–H and O–H groups in total. The van der Waals surface area contributed by atoms with Crippen molar-refractivity contribution in [3.63, 3.8) is 0 Å². The molecule has 0 radical (unpaired) electrons. The lowest BCUT2D eigenvalue weighted by Crippen LogP contribution is -2.43. The summed E-state index contributed by atoms with van der Waals surface area (Å²) in [6.45, 7) is 9.38. The van der Waals surface area contributed by atoms with Crippen LogP contribution in [-0.4, -0.2) is 63.8 Å². The fourth-order valence-electron chi connectivity index (χ4n) is 5.09. The summed E-state index contributed by atoms with van der Waals surface area (Å²) in [5.74, 6) is 1.87. The molecule has 3 aromatic heterocycles. The van der Waals surface area contributed by atoms with Gasteiger partial charge in [0, 0.05) is 62.7 Å². The van der Waals surface area contributed by atoms with Crippen molar-refractivity contribution in [3.8, 4) is 23.0 Å². The number of ether oxygens (including phenoxy) is 1. The van der Waals surface area contributed by atoms with Crippen LogP contribution in [0.3, 0.4) is 0 Å². The van der Waals surface area contributed by atoms with Gasteiger partial charge in [-0.15, -0.1) is 11.3 Å². The number of piperazine rings is 1. The van der Waals surface area contributed by atoms with E-state index < -0.39 is 0 Å². The molecule has 5 aromatic rings. The number of ketones is 1. The Morgan fingerprint density at radius 1 is 0.927 bits per heavy atom. The molecule has 1 saturated heterocycles. The number of fused-ring (bicyclic) bond motifs is 1. The SMILES string of the molecule is Cc1cc(C(=O)Cc2ccc(C)c(Oc3nc(-c4ccncc4)nc4ccsc34)c2)ccc1CN1CCN(C)CC1. The van der Waals surface area contributed by atoms with Crippen LogP contribution in [0.5, 0.6) is 11.6 Å². The number of carbonyl (C=O) groups is 1. The molecule has 1 aliphatic heterocycles. The van der Waals surface area contributed by atoms with E-state index in [1.807, 2.05) is 60.8 Å². The number of hydrogen-bond acceptors (Lipinski definition) is 8. The van der Waals surface area contributed by atoms with E-state index >= 15 is 0 Å². The Bertz CT molecular complexity index is 1690. The second-order valence-corrected chi connectivity index (χ2v) is 11.7. The first-order valence-corrected chi connectivity index (χ1v) is 14.8. The van der Waals surface area contributed by atoms with Crippen LogP contribution >= 0.6 is 11.3 Å². The van der Waals surface area contributed by atoms with E-state index in [9.17, 15) is 4.79 Å². The van der Waals surface area contributed by atoms with E-state index in [0.29, 0.717) is 23.9 Å². The molecule has 208 valence electrons. The average molecular weight is 564 g/mol. The Balaban J connectivity index is 1.19. The molecule has 0 amide bonds. The molecule has 0 unspecified atom stereocenters. The minimum atomic E-state index is 0.0942. The van der Waals surface area contributed by atoms with Gasteiger partial charge in [-0.3, -0.25) is 14.7 Å². The average Bonchev–Trinajstić information content (AvgIpc) is 3.47. The Morgan fingerprint density at radius 2 is 1.73 bits per heavy atom. The van der Waals surface area contributed by atoms with Crippen molar-refractivity contribution in [3.05, 3.63) is 100 Å². The highest BCUT2D eigenvalue weighted by atomic mass is 32.1. The van der Waals surface area contributed by atoms with Crippen LogP contribution in [0, 0.1) is 13.8 Å². The van der Waals surface area contributed by atoms with Gasteiger partial charge in [0.2, 0.25) is 5.88 Å². The predicted molar refractivity (Wildman–Crippen MR) is 164 cm³/mol. The highest BCUT2D eigenvalue weighted by Gasteiger charge is 2.17. The monoisotopic (exact) mass is 563 g/mol. The van der Waals surface area contributed by atoms with Crippen molar-refractivity contribution in [1.82, 2.24) is 24.8 Å². The fraction of sp³-hybridized carbons (Fsp3) is 0.273. The summed E-state index contributed by atoms with van der Waals surface area (Å²) in [6.07, 6.45) is 3.75. The third-order valence-electron chi connectivity index (χ3n) is 7.69. The highest BCUT2D eigenvalue weighted by Crippen LogP contribution is 2.35. The molecular formula is C33H33N5O2S. The molecule has 0 aliphatic carbocycles. The van der Waals surface area contributed by atoms with E-state index in [2.05, 4.69) is 34.8 Å². The fourth-order valence-corrected chi connectivity index (χ4v) is 5.84. The Hall–Kier alpha value is -3.98. The van der Waals surface area contributed by atoms with Gasteiger partial charge in [0.1, 0.15) is 10.4 Å². The van der Waals surface area contributed by atoms with Crippen LogP contribution in [-0.2, 0) is 13.0 Å². The zero-order valence-corrected chi connectivity index (χ0v) is 24.4. The van der Waals surface area contributed by atoms with E-state index in [1.54, 1.807) is 23.7 Å². The van der Waals surface area contributed by atoms with Gasteiger partial charge in [0.15, 0.2) is 11.6 Å². The van der Waals surface area contributed by atoms with E-state index in [1.165, 1.54) is 5.56 Å². The zero-order chi connectivity index (χ0) is 28.3. The Labute approximate surface area is 244 Å². The number of likely N-dealkylation sites (N-methyl/N-ethyl adjacent to an activating group) is 1. The Kier molecular flexibility index (Phi) is 7.87. The maximum absolute atomic E-state index is 13.3. The van der Waals surface area contributed by atoms with Crippen LogP contribution < -0.4 is 4.74 Å². The predicted octanol–water partition coefficient (Wildman–Crippen LogP) is 6.34. The summed E-state index contributed by atoms with van der Waals surface area (Å²) in [7, 11) is 2.17. The van der Waals surface area contributed by atoms with E-state index in [-0.39, 0.29) is 5.78 Å². The summed E-state index contributed by atoms with van der Waals surface area (Å²) in [4.78, 5) is 31.7. The van der Waals surface area contributed by atoms with Crippen molar-refractivity contribution >= 4 is 27.3 Å². The van der Waals surface area contributed by atoms with Crippen LogP contribution in [0.25, 0.3) is 21.6 Å². The van der Waals surface area contributed by atoms with Gasteiger partial charge in [-0.1, -0.05) is 24.3 Å². The van der Waals surface area contributed by atoms with Crippen LogP contribution in [0.4, 0.5) is 0 Å². The number of rotatable bonds is 8. The standard InChI is InChI=1S/C33H33N5O2S/c1-22-4-5-24(19-29(39)26-6-7-27(23(2)18-26)21-38-15-13-37(3)14-16-38)20-30(22)40-33-31-28(10-17-41-31)35-32(36-33)25-8-11-34-12-9-25/h4-12,17-18,20H,13-16,19,21H2,1-3H3. The van der Waals surface area contributed by atoms with Gasteiger partial charge in [-0.25, -0.2) is 4.98 Å². The molecule has 0 spiro atoms. The second kappa shape index (κ2) is 11.9. The molecular weight excluding hydrogens is 530 g/mol. The third kappa shape index (κ3) is 6.20. The largest absolute Gasteiger partial charge is 0.437 e. The summed E-state index contributed by atoms with van der Waals surface area (Å²) >= 11 is 1.55. The minimum Gasteiger partial charge on any atom is -0.437 e. The van der Waals surface area contributed by atoms with Gasteiger partial charge in [-0.2, -0.15) is 4.98 Å². The highest BCUT2D eigenvalue weighted by molar-refractivity contribution is 7.17. The number of pyridine rings is 1. The van der Waals surface area contributed by atoms with Gasteiger partial charge >= 0.3 is 0 Å². The number of hydrogen-bond donors (Lipinski definition) is 0. The molecule has 4 heterocycles. The number of thiophene rings is 1. The van der Waals surface area contributed by atoms with Crippen molar-refractivity contribution in [1.29, 1.82) is 0 Å². The smallest absolute Gasteiger partial charge is 0.240 e. The molecule has 7 nitrogen and oxygen atoms in total. The molecule has 41 heavy (non-hydrogen) atoms. The number of aryl methyl sites for hydroxylation is 2. The van der Waals surface area contributed by atoms with Crippen LogP contribution in [0.15, 0.2) is 72.4 Å². The second-order valence-electron chi connectivity index (χ2n) is 10.7. The quantitative estimate of drug-likeness (QED) is 0.204. The first-order chi connectivity index (χ1) is 19.9. The number of aromatic nitrogens is 3. The molecule has 2 aromatic carbocycles. The lowest BCUT2D eigenvalue weighted by molar-refractivity contribution is 0.0993. The van der Waals surface area contributed by atoms with Crippen LogP contribution in [0.2, 0.25) is 0 Å². The van der Waals surface area contributed by atoms with Gasteiger partial charge < -0.3 is 9.64 Å². The summed E-state index contributed by atoms with van der Waals surface area (Å²) < 4.78 is 7.29. The molecule has 0 bridgehead atoms. The molecule has 1 fully saturated rings. The number of nitrogens with zero attached hydrogens (tertiary/aromatic N) is 5. The summed E-state index contributed by atoms with van der Waals surface area (Å²) in [5, 5.41) is 1.99. The topological polar surface area (TPSA) is 71.4 Å². The maximum atomic E-state index is 13.3. The first kappa shape index (κ1) is 27.2. The van der Waals surface area contributed by atoms with Crippen molar-refractivity contribution in [2.24, 2.45) is 0 Å². The van der Waals surface area contributed by atoms with Gasteiger partial charge in [-0.05, 0) is 78.9 Å². The summed E-state index contributed by atoms with van der Waals surface area (Å²) in [5.41, 5.74) is 6.77. The van der Waals surface area contributed by atoms with Crippen LogP contribution in [0.1, 0.15) is 32.6 Å². The molecule has 6 rings (SSSR count). The number of carbonyl (C=O) groups excluding carboxylic acids is 1. The number of benzene rings is 2. The normalized spacial score (nSPS) is 14.4. The maximum Gasteiger partial charge on any atom is 0.240 e. The molecule has 1 aliphatic rings. The first-order valence-electron chi connectivity index (χ1n) is 13.9. The number of Topliss-reactive ketones (excluding diaryl/α,β-unsaturated/α-hetero) is 1. The summed E-state index contributed by atoms with van der Waals surface area (Å²) in [6, 6.07) is 17.8.